The number of hydrogen-bond donors (Lipinski definition) is 0. The van der Waals surface area contributed by atoms with Gasteiger partial charge in [0.25, 0.3) is 0 Å². The van der Waals surface area contributed by atoms with Crippen molar-refractivity contribution in [3.63, 3.8) is 0 Å². The molecule has 0 aromatic carbocycles. The number of hydrogen-bond acceptors (Lipinski definition) is 4. The highest BCUT2D eigenvalue weighted by molar-refractivity contribution is 6.55. The van der Waals surface area contributed by atoms with Gasteiger partial charge in [0.15, 0.2) is 12.6 Å². The maximum atomic E-state index is 5.15. The van der Waals surface area contributed by atoms with Crippen molar-refractivity contribution in [2.24, 2.45) is 0 Å². The average Bonchev–Trinajstić information content (AvgIpc) is 2.29. The third kappa shape index (κ3) is 8.12. The van der Waals surface area contributed by atoms with E-state index in [1.165, 1.54) is 5.67 Å². The van der Waals surface area contributed by atoms with E-state index in [0.29, 0.717) is 0 Å². The standard InChI is InChI=1S/C9H24O4Si2/c1-10-8(11-2)5-14-7-15-6-9(12-3)13-4/h8-9H,5-7,14-15H2,1-4H3. The molecule has 0 rings (SSSR count). The molecular formula is C9H24O4Si2. The van der Waals surface area contributed by atoms with Crippen LogP contribution >= 0.6 is 0 Å². The predicted molar refractivity (Wildman–Crippen MR) is 67.1 cm³/mol. The Morgan fingerprint density at radius 3 is 1.33 bits per heavy atom. The molecule has 0 N–H and O–H groups in total. The topological polar surface area (TPSA) is 36.9 Å². The summed E-state index contributed by atoms with van der Waals surface area (Å²) >= 11 is 0. The van der Waals surface area contributed by atoms with Crippen LogP contribution in [0.2, 0.25) is 17.8 Å². The van der Waals surface area contributed by atoms with Crippen molar-refractivity contribution in [2.75, 3.05) is 28.4 Å². The van der Waals surface area contributed by atoms with Gasteiger partial charge in [0.05, 0.1) is 0 Å². The van der Waals surface area contributed by atoms with Gasteiger partial charge in [0.2, 0.25) is 0 Å². The van der Waals surface area contributed by atoms with Crippen LogP contribution in [0.4, 0.5) is 0 Å². The normalized spacial score (nSPS) is 13.2. The summed E-state index contributed by atoms with van der Waals surface area (Å²) in [6, 6.07) is 2.23. The number of methoxy groups -OCH3 is 4. The molecule has 6 heteroatoms. The van der Waals surface area contributed by atoms with E-state index in [-0.39, 0.29) is 31.6 Å². The molecule has 0 atom stereocenters. The Morgan fingerprint density at radius 2 is 1.07 bits per heavy atom. The fourth-order valence-corrected chi connectivity index (χ4v) is 6.80. The van der Waals surface area contributed by atoms with Gasteiger partial charge in [-0.25, -0.2) is 0 Å². The molecule has 15 heavy (non-hydrogen) atoms. The molecule has 4 nitrogen and oxygen atoms in total. The Balaban J connectivity index is 3.30. The van der Waals surface area contributed by atoms with Gasteiger partial charge in [0.1, 0.15) is 0 Å². The van der Waals surface area contributed by atoms with E-state index in [1.54, 1.807) is 28.4 Å². The summed E-state index contributed by atoms with van der Waals surface area (Å²) in [5, 5.41) is 0. The summed E-state index contributed by atoms with van der Waals surface area (Å²) in [6.45, 7) is 0. The molecule has 0 aliphatic heterocycles. The monoisotopic (exact) mass is 252 g/mol. The van der Waals surface area contributed by atoms with Crippen molar-refractivity contribution < 1.29 is 18.9 Å². The first kappa shape index (κ1) is 15.3. The number of ether oxygens (including phenoxy) is 4. The van der Waals surface area contributed by atoms with Gasteiger partial charge in [-0.15, -0.1) is 0 Å². The maximum absolute atomic E-state index is 5.15. The van der Waals surface area contributed by atoms with E-state index >= 15 is 0 Å². The molecule has 0 radical (unpaired) electrons. The Bertz CT molecular complexity index is 115. The summed E-state index contributed by atoms with van der Waals surface area (Å²) < 4.78 is 20.6. The van der Waals surface area contributed by atoms with Crippen LogP contribution in [0.1, 0.15) is 0 Å². The van der Waals surface area contributed by atoms with Crippen LogP contribution in [0.3, 0.4) is 0 Å². The minimum atomic E-state index is -0.0158. The smallest absolute Gasteiger partial charge is 0.153 e. The van der Waals surface area contributed by atoms with Crippen molar-refractivity contribution in [1.29, 1.82) is 0 Å². The van der Waals surface area contributed by atoms with E-state index in [1.807, 2.05) is 0 Å². The molecule has 0 saturated heterocycles. The molecule has 0 unspecified atom stereocenters. The molecule has 0 fully saturated rings. The fraction of sp³-hybridized carbons (Fsp3) is 1.00. The van der Waals surface area contributed by atoms with Crippen molar-refractivity contribution in [1.82, 2.24) is 0 Å². The van der Waals surface area contributed by atoms with Crippen molar-refractivity contribution in [3.8, 4) is 0 Å². The Kier molecular flexibility index (Phi) is 11.0. The van der Waals surface area contributed by atoms with Crippen LogP contribution in [0.5, 0.6) is 0 Å². The summed E-state index contributed by atoms with van der Waals surface area (Å²) in [5.41, 5.74) is 1.42. The van der Waals surface area contributed by atoms with Gasteiger partial charge < -0.3 is 18.9 Å². The predicted octanol–water partition coefficient (Wildman–Crippen LogP) is -0.226. The molecule has 0 saturated carbocycles. The summed E-state index contributed by atoms with van der Waals surface area (Å²) in [4.78, 5) is 0. The second-order valence-electron chi connectivity index (χ2n) is 3.44. The van der Waals surface area contributed by atoms with Crippen molar-refractivity contribution in [2.45, 2.75) is 30.3 Å². The lowest BCUT2D eigenvalue weighted by Gasteiger charge is -2.14. The van der Waals surface area contributed by atoms with E-state index in [2.05, 4.69) is 0 Å². The van der Waals surface area contributed by atoms with Gasteiger partial charge in [-0.3, -0.25) is 0 Å². The lowest BCUT2D eigenvalue weighted by molar-refractivity contribution is -0.0877. The first-order chi connectivity index (χ1) is 7.28. The SMILES string of the molecule is COC(C[SiH2]C[SiH2]CC(OC)OC)OC. The second-order valence-corrected chi connectivity index (χ2v) is 8.84. The van der Waals surface area contributed by atoms with Crippen LogP contribution in [0.15, 0.2) is 0 Å². The molecule has 0 spiro atoms. The summed E-state index contributed by atoms with van der Waals surface area (Å²) in [5.74, 6) is 0. The van der Waals surface area contributed by atoms with Gasteiger partial charge >= 0.3 is 0 Å². The zero-order valence-electron chi connectivity index (χ0n) is 10.3. The van der Waals surface area contributed by atoms with Crippen LogP contribution in [-0.4, -0.2) is 60.1 Å². The van der Waals surface area contributed by atoms with Gasteiger partial charge in [-0.05, 0) is 12.1 Å². The molecule has 0 aromatic heterocycles. The fourth-order valence-electron chi connectivity index (χ4n) is 1.46. The third-order valence-electron chi connectivity index (χ3n) is 2.43. The summed E-state index contributed by atoms with van der Waals surface area (Å²) in [7, 11) is 6.77. The molecule has 0 aliphatic rings. The zero-order valence-corrected chi connectivity index (χ0v) is 13.2. The quantitative estimate of drug-likeness (QED) is 0.306. The van der Waals surface area contributed by atoms with Crippen molar-refractivity contribution >= 4 is 19.0 Å². The minimum Gasteiger partial charge on any atom is -0.356 e. The summed E-state index contributed by atoms with van der Waals surface area (Å²) in [6.07, 6.45) is 0.0395. The molecule has 92 valence electrons. The third-order valence-corrected chi connectivity index (χ3v) is 8.19. The first-order valence-corrected chi connectivity index (χ1v) is 9.39. The minimum absolute atomic E-state index is 0.0158. The highest BCUT2D eigenvalue weighted by Crippen LogP contribution is 2.02. The highest BCUT2D eigenvalue weighted by Gasteiger charge is 2.07. The second kappa shape index (κ2) is 10.8. The van der Waals surface area contributed by atoms with Crippen LogP contribution < -0.4 is 0 Å². The van der Waals surface area contributed by atoms with Crippen LogP contribution in [-0.2, 0) is 18.9 Å². The van der Waals surface area contributed by atoms with Crippen molar-refractivity contribution in [3.05, 3.63) is 0 Å². The van der Waals surface area contributed by atoms with Crippen LogP contribution in [0.25, 0.3) is 0 Å². The number of rotatable bonds is 10. The molecular weight excluding hydrogens is 228 g/mol. The van der Waals surface area contributed by atoms with E-state index in [0.717, 1.165) is 12.1 Å². The zero-order chi connectivity index (χ0) is 11.5. The Morgan fingerprint density at radius 1 is 0.733 bits per heavy atom. The van der Waals surface area contributed by atoms with E-state index in [4.69, 9.17) is 18.9 Å². The molecule has 0 aliphatic carbocycles. The van der Waals surface area contributed by atoms with E-state index in [9.17, 15) is 0 Å². The molecule has 0 aromatic rings. The maximum Gasteiger partial charge on any atom is 0.153 e. The van der Waals surface area contributed by atoms with E-state index < -0.39 is 0 Å². The lowest BCUT2D eigenvalue weighted by atomic mass is 10.7. The molecule has 0 heterocycles. The average molecular weight is 252 g/mol. The Hall–Kier alpha value is 0.274. The molecule has 0 bridgehead atoms. The molecule has 0 amide bonds. The Labute approximate surface area is 97.3 Å². The highest BCUT2D eigenvalue weighted by atomic mass is 28.3. The first-order valence-electron chi connectivity index (χ1n) is 5.39. The largest absolute Gasteiger partial charge is 0.356 e. The van der Waals surface area contributed by atoms with Crippen LogP contribution in [0, 0.1) is 0 Å². The lowest BCUT2D eigenvalue weighted by Crippen LogP contribution is -2.18. The van der Waals surface area contributed by atoms with Gasteiger partial charge in [-0.2, -0.15) is 0 Å². The van der Waals surface area contributed by atoms with Gasteiger partial charge in [-0.1, -0.05) is 5.67 Å². The van der Waals surface area contributed by atoms with Gasteiger partial charge in [0, 0.05) is 47.5 Å².